The number of ketones is 1. The molecule has 5 fully saturated rings. The van der Waals surface area contributed by atoms with Gasteiger partial charge in [0.2, 0.25) is 0 Å². The lowest BCUT2D eigenvalue weighted by molar-refractivity contribution is -0.181. The second-order valence-corrected chi connectivity index (χ2v) is 12.4. The van der Waals surface area contributed by atoms with Crippen molar-refractivity contribution < 1.29 is 9.90 Å². The maximum atomic E-state index is 12.8. The number of fused-ring (bicyclic) bond motifs is 5. The highest BCUT2D eigenvalue weighted by Gasteiger charge is 2.65. The van der Waals surface area contributed by atoms with E-state index in [9.17, 15) is 9.90 Å². The molecule has 0 heterocycles. The van der Waals surface area contributed by atoms with Crippen LogP contribution < -0.4 is 0 Å². The molecule has 0 aliphatic heterocycles. The fourth-order valence-electron chi connectivity index (χ4n) is 9.40. The lowest BCUT2D eigenvalue weighted by atomic mass is 9.39. The van der Waals surface area contributed by atoms with Crippen molar-refractivity contribution in [3.8, 4) is 0 Å². The van der Waals surface area contributed by atoms with Crippen LogP contribution in [0.5, 0.6) is 0 Å². The number of carbonyl (C=O) groups is 1. The van der Waals surface area contributed by atoms with Crippen LogP contribution in [0.1, 0.15) is 90.9 Å². The van der Waals surface area contributed by atoms with Gasteiger partial charge in [-0.2, -0.15) is 0 Å². The fourth-order valence-corrected chi connectivity index (χ4v) is 9.79. The first kappa shape index (κ1) is 20.0. The molecule has 0 spiro atoms. The molecule has 5 rings (SSSR count). The molecule has 0 bridgehead atoms. The Morgan fingerprint density at radius 2 is 1.68 bits per heavy atom. The van der Waals surface area contributed by atoms with Gasteiger partial charge in [0.25, 0.3) is 0 Å². The average Bonchev–Trinajstić information content (AvgIpc) is 3.51. The van der Waals surface area contributed by atoms with E-state index in [-0.39, 0.29) is 11.3 Å². The summed E-state index contributed by atoms with van der Waals surface area (Å²) in [7, 11) is 0. The van der Waals surface area contributed by atoms with Crippen LogP contribution in [0, 0.1) is 46.3 Å². The molecule has 2 nitrogen and oxygen atoms in total. The van der Waals surface area contributed by atoms with Crippen molar-refractivity contribution in [2.45, 2.75) is 96.5 Å². The third kappa shape index (κ3) is 2.84. The van der Waals surface area contributed by atoms with E-state index in [0.717, 1.165) is 48.9 Å². The average molecular weight is 451 g/mol. The number of hydrogen-bond acceptors (Lipinski definition) is 2. The molecule has 0 amide bonds. The molecule has 28 heavy (non-hydrogen) atoms. The summed E-state index contributed by atoms with van der Waals surface area (Å²) < 4.78 is 0. The second kappa shape index (κ2) is 6.81. The van der Waals surface area contributed by atoms with E-state index in [0.29, 0.717) is 16.5 Å². The molecule has 1 N–H and O–H groups in total. The van der Waals surface area contributed by atoms with Gasteiger partial charge in [-0.25, -0.2) is 0 Å². The number of hydrogen-bond donors (Lipinski definition) is 1. The molecular weight excluding hydrogens is 412 g/mol. The Bertz CT molecular complexity index is 640. The Kier molecular flexibility index (Phi) is 4.87. The summed E-state index contributed by atoms with van der Waals surface area (Å²) in [4.78, 5) is 12.8. The van der Waals surface area contributed by atoms with Crippen LogP contribution in [0.2, 0.25) is 0 Å². The predicted molar refractivity (Wildman–Crippen MR) is 116 cm³/mol. The number of aliphatic hydroxyl groups is 1. The fraction of sp³-hybridized carbons (Fsp3) is 0.960. The van der Waals surface area contributed by atoms with Crippen molar-refractivity contribution in [1.82, 2.24) is 0 Å². The lowest BCUT2D eigenvalue weighted by Crippen LogP contribution is -2.59. The standard InChI is InChI=1S/C25H39BrO2/c1-23(28)12-13-25(16-6-7-16)17(14-23)8-9-18-19-4-3-5-21(22(27)15-26)24(19,2)11-10-20(18)25/h16-21,28H,3-15H2,1-2H3/t17-,18+,19+,20+,21-,23-,24+,25-/m1/s1. The van der Waals surface area contributed by atoms with E-state index in [2.05, 4.69) is 29.8 Å². The summed E-state index contributed by atoms with van der Waals surface area (Å²) in [6.45, 7) is 4.57. The van der Waals surface area contributed by atoms with Gasteiger partial charge in [-0.1, -0.05) is 29.3 Å². The second-order valence-electron chi connectivity index (χ2n) is 11.9. The highest BCUT2D eigenvalue weighted by atomic mass is 79.9. The van der Waals surface area contributed by atoms with Gasteiger partial charge in [-0.05, 0) is 118 Å². The molecular formula is C25H39BrO2. The molecule has 0 aromatic rings. The minimum absolute atomic E-state index is 0.238. The largest absolute Gasteiger partial charge is 0.390 e. The SMILES string of the molecule is C[C@@]1(O)CC[C@@]2(C3CC3)[C@H](CC[C@H]3[C@@H]4CCC[C@H](C(=O)CBr)[C@@]4(C)CC[C@@H]32)C1. The third-order valence-electron chi connectivity index (χ3n) is 10.6. The van der Waals surface area contributed by atoms with Crippen LogP contribution in [0.4, 0.5) is 0 Å². The Hall–Kier alpha value is 0.110. The van der Waals surface area contributed by atoms with Crippen LogP contribution in [0.3, 0.4) is 0 Å². The van der Waals surface area contributed by atoms with Gasteiger partial charge < -0.3 is 5.11 Å². The van der Waals surface area contributed by atoms with Crippen LogP contribution in [0.25, 0.3) is 0 Å². The lowest BCUT2D eigenvalue weighted by Gasteiger charge is -2.65. The van der Waals surface area contributed by atoms with Crippen molar-refractivity contribution >= 4 is 21.7 Å². The van der Waals surface area contributed by atoms with Crippen LogP contribution >= 0.6 is 15.9 Å². The van der Waals surface area contributed by atoms with Crippen molar-refractivity contribution in [2.75, 3.05) is 5.33 Å². The third-order valence-corrected chi connectivity index (χ3v) is 11.2. The van der Waals surface area contributed by atoms with Gasteiger partial charge in [0.1, 0.15) is 5.78 Å². The van der Waals surface area contributed by atoms with Crippen molar-refractivity contribution in [3.05, 3.63) is 0 Å². The van der Waals surface area contributed by atoms with Crippen molar-refractivity contribution in [2.24, 2.45) is 46.3 Å². The number of rotatable bonds is 3. The minimum Gasteiger partial charge on any atom is -0.390 e. The number of carbonyl (C=O) groups excluding carboxylic acids is 1. The van der Waals surface area contributed by atoms with Gasteiger partial charge in [0, 0.05) is 5.92 Å². The van der Waals surface area contributed by atoms with Crippen molar-refractivity contribution in [1.29, 1.82) is 0 Å². The first-order chi connectivity index (χ1) is 13.3. The van der Waals surface area contributed by atoms with E-state index in [1.54, 1.807) is 0 Å². The summed E-state index contributed by atoms with van der Waals surface area (Å²) in [5, 5.41) is 11.4. The highest BCUT2D eigenvalue weighted by molar-refractivity contribution is 9.09. The molecule has 0 aromatic carbocycles. The molecule has 8 atom stereocenters. The summed E-state index contributed by atoms with van der Waals surface area (Å²) >= 11 is 3.48. The Balaban J connectivity index is 1.47. The Morgan fingerprint density at radius 3 is 2.39 bits per heavy atom. The summed E-state index contributed by atoms with van der Waals surface area (Å²) in [5.41, 5.74) is 0.332. The normalized spacial score (nSPS) is 53.6. The maximum absolute atomic E-state index is 12.8. The first-order valence-corrected chi connectivity index (χ1v) is 13.2. The molecule has 3 heteroatoms. The zero-order valence-electron chi connectivity index (χ0n) is 17.9. The quantitative estimate of drug-likeness (QED) is 0.524. The zero-order valence-corrected chi connectivity index (χ0v) is 19.5. The monoisotopic (exact) mass is 450 g/mol. The molecule has 5 aliphatic rings. The van der Waals surface area contributed by atoms with E-state index >= 15 is 0 Å². The Morgan fingerprint density at radius 1 is 0.929 bits per heavy atom. The van der Waals surface area contributed by atoms with E-state index < -0.39 is 5.60 Å². The molecule has 158 valence electrons. The summed E-state index contributed by atoms with van der Waals surface area (Å²) in [6, 6.07) is 0. The van der Waals surface area contributed by atoms with Gasteiger partial charge >= 0.3 is 0 Å². The van der Waals surface area contributed by atoms with Gasteiger partial charge in [-0.15, -0.1) is 0 Å². The topological polar surface area (TPSA) is 37.3 Å². The van der Waals surface area contributed by atoms with Crippen LogP contribution in [-0.2, 0) is 4.79 Å². The maximum Gasteiger partial charge on any atom is 0.147 e. The Labute approximate surface area is 179 Å². The predicted octanol–water partition coefficient (Wildman–Crippen LogP) is 6.14. The summed E-state index contributed by atoms with van der Waals surface area (Å²) in [5.74, 6) is 4.90. The number of alkyl halides is 1. The van der Waals surface area contributed by atoms with Crippen LogP contribution in [0.15, 0.2) is 0 Å². The molecule has 0 saturated heterocycles. The zero-order chi connectivity index (χ0) is 19.7. The van der Waals surface area contributed by atoms with Gasteiger partial charge in [0.05, 0.1) is 10.9 Å². The smallest absolute Gasteiger partial charge is 0.147 e. The molecule has 0 aromatic heterocycles. The molecule has 5 saturated carbocycles. The number of halogens is 1. The van der Waals surface area contributed by atoms with Crippen LogP contribution in [-0.4, -0.2) is 21.8 Å². The van der Waals surface area contributed by atoms with E-state index in [1.807, 2.05) is 0 Å². The number of Topliss-reactive ketones (excluding diaryl/α,β-unsaturated/α-hetero) is 1. The van der Waals surface area contributed by atoms with Crippen molar-refractivity contribution in [3.63, 3.8) is 0 Å². The van der Waals surface area contributed by atoms with E-state index in [4.69, 9.17) is 0 Å². The molecule has 0 unspecified atom stereocenters. The van der Waals surface area contributed by atoms with Gasteiger partial charge in [-0.3, -0.25) is 4.79 Å². The van der Waals surface area contributed by atoms with Gasteiger partial charge in [0.15, 0.2) is 0 Å². The molecule has 5 aliphatic carbocycles. The molecule has 0 radical (unpaired) electrons. The summed E-state index contributed by atoms with van der Waals surface area (Å²) in [6.07, 6.45) is 15.2. The van der Waals surface area contributed by atoms with E-state index in [1.165, 1.54) is 57.8 Å². The minimum atomic E-state index is -0.433. The highest BCUT2D eigenvalue weighted by Crippen LogP contribution is 2.72. The first-order valence-electron chi connectivity index (χ1n) is 12.1.